The highest BCUT2D eigenvalue weighted by atomic mass is 79.9. The van der Waals surface area contributed by atoms with E-state index in [1.54, 1.807) is 0 Å². The van der Waals surface area contributed by atoms with Crippen LogP contribution in [-0.2, 0) is 6.54 Å². The molecule has 4 heteroatoms. The summed E-state index contributed by atoms with van der Waals surface area (Å²) in [5.41, 5.74) is 4.68. The molecule has 0 spiro atoms. The number of pyridine rings is 1. The topological polar surface area (TPSA) is 29.3 Å². The Bertz CT molecular complexity index is 698. The van der Waals surface area contributed by atoms with E-state index in [-0.39, 0.29) is 0 Å². The largest absolute Gasteiger partial charge is 0.381 e. The van der Waals surface area contributed by atoms with Gasteiger partial charge in [0, 0.05) is 28.5 Å². The number of rotatable bonds is 3. The molecule has 0 aliphatic heterocycles. The zero-order valence-corrected chi connectivity index (χ0v) is 12.2. The highest BCUT2D eigenvalue weighted by Gasteiger charge is 2.03. The molecular formula is C15H14BrN3. The summed E-state index contributed by atoms with van der Waals surface area (Å²) < 4.78 is 2.98. The molecule has 0 atom stereocenters. The number of nitrogens with one attached hydrogen (secondary N) is 1. The van der Waals surface area contributed by atoms with E-state index in [9.17, 15) is 0 Å². The number of aromatic nitrogens is 2. The van der Waals surface area contributed by atoms with Crippen molar-refractivity contribution in [2.45, 2.75) is 13.5 Å². The van der Waals surface area contributed by atoms with Gasteiger partial charge in [-0.1, -0.05) is 22.0 Å². The Labute approximate surface area is 120 Å². The summed E-state index contributed by atoms with van der Waals surface area (Å²) in [4.78, 5) is 0. The maximum atomic E-state index is 4.33. The molecule has 2 heterocycles. The summed E-state index contributed by atoms with van der Waals surface area (Å²) in [5.74, 6) is 0. The Kier molecular flexibility index (Phi) is 3.25. The zero-order chi connectivity index (χ0) is 13.2. The predicted octanol–water partition coefficient (Wildman–Crippen LogP) is 4.02. The van der Waals surface area contributed by atoms with Crippen LogP contribution in [0, 0.1) is 6.92 Å². The lowest BCUT2D eigenvalue weighted by atomic mass is 10.2. The van der Waals surface area contributed by atoms with Crippen LogP contribution in [0.15, 0.2) is 53.3 Å². The van der Waals surface area contributed by atoms with Gasteiger partial charge in [-0.05, 0) is 42.8 Å². The lowest BCUT2D eigenvalue weighted by molar-refractivity contribution is 0.961. The number of hydrogen-bond donors (Lipinski definition) is 1. The van der Waals surface area contributed by atoms with Gasteiger partial charge in [-0.15, -0.1) is 0 Å². The fraction of sp³-hybridized carbons (Fsp3) is 0.133. The van der Waals surface area contributed by atoms with Crippen LogP contribution in [0.3, 0.4) is 0 Å². The van der Waals surface area contributed by atoms with Crippen molar-refractivity contribution in [3.05, 3.63) is 64.4 Å². The van der Waals surface area contributed by atoms with E-state index in [1.807, 2.05) is 29.0 Å². The number of anilines is 1. The van der Waals surface area contributed by atoms with Crippen molar-refractivity contribution >= 4 is 27.1 Å². The van der Waals surface area contributed by atoms with E-state index in [2.05, 4.69) is 57.5 Å². The van der Waals surface area contributed by atoms with E-state index in [0.717, 1.165) is 22.2 Å². The van der Waals surface area contributed by atoms with Crippen LogP contribution in [0.25, 0.3) is 5.52 Å². The SMILES string of the molecule is Cc1cc(Br)cc(NCc2cnn3ccccc23)c1. The molecule has 0 saturated carbocycles. The van der Waals surface area contributed by atoms with E-state index < -0.39 is 0 Å². The van der Waals surface area contributed by atoms with Gasteiger partial charge < -0.3 is 5.32 Å². The molecule has 1 aromatic carbocycles. The fourth-order valence-corrected chi connectivity index (χ4v) is 2.77. The minimum Gasteiger partial charge on any atom is -0.381 e. The van der Waals surface area contributed by atoms with Crippen molar-refractivity contribution in [2.24, 2.45) is 0 Å². The first-order valence-electron chi connectivity index (χ1n) is 6.15. The van der Waals surface area contributed by atoms with Gasteiger partial charge in [0.1, 0.15) is 0 Å². The van der Waals surface area contributed by atoms with Crippen LogP contribution in [0.1, 0.15) is 11.1 Å². The average molecular weight is 316 g/mol. The quantitative estimate of drug-likeness (QED) is 0.791. The van der Waals surface area contributed by atoms with E-state index in [0.29, 0.717) is 0 Å². The molecule has 0 radical (unpaired) electrons. The van der Waals surface area contributed by atoms with Gasteiger partial charge in [-0.3, -0.25) is 0 Å². The first kappa shape index (κ1) is 12.2. The van der Waals surface area contributed by atoms with Gasteiger partial charge in [0.25, 0.3) is 0 Å². The standard InChI is InChI=1S/C15H14BrN3/c1-11-6-13(16)8-14(7-11)17-9-12-10-18-19-5-3-2-4-15(12)19/h2-8,10,17H,9H2,1H3. The molecule has 0 amide bonds. The van der Waals surface area contributed by atoms with E-state index in [4.69, 9.17) is 0 Å². The second kappa shape index (κ2) is 5.05. The number of nitrogens with zero attached hydrogens (tertiary/aromatic N) is 2. The number of benzene rings is 1. The van der Waals surface area contributed by atoms with Crippen molar-refractivity contribution in [1.29, 1.82) is 0 Å². The van der Waals surface area contributed by atoms with Crippen molar-refractivity contribution in [2.75, 3.05) is 5.32 Å². The molecule has 0 fully saturated rings. The second-order valence-corrected chi connectivity index (χ2v) is 5.49. The van der Waals surface area contributed by atoms with Crippen molar-refractivity contribution in [3.63, 3.8) is 0 Å². The van der Waals surface area contributed by atoms with Crippen molar-refractivity contribution < 1.29 is 0 Å². The summed E-state index contributed by atoms with van der Waals surface area (Å²) >= 11 is 3.52. The van der Waals surface area contributed by atoms with Gasteiger partial charge in [0.15, 0.2) is 0 Å². The number of halogens is 1. The summed E-state index contributed by atoms with van der Waals surface area (Å²) in [6.07, 6.45) is 3.87. The number of fused-ring (bicyclic) bond motifs is 1. The number of aryl methyl sites for hydroxylation is 1. The Balaban J connectivity index is 1.82. The molecule has 0 unspecified atom stereocenters. The average Bonchev–Trinajstić information content (AvgIpc) is 2.78. The van der Waals surface area contributed by atoms with Crippen LogP contribution in [0.5, 0.6) is 0 Å². The van der Waals surface area contributed by atoms with Crippen molar-refractivity contribution in [1.82, 2.24) is 9.61 Å². The van der Waals surface area contributed by atoms with Gasteiger partial charge in [-0.25, -0.2) is 4.52 Å². The van der Waals surface area contributed by atoms with Gasteiger partial charge in [0.2, 0.25) is 0 Å². The summed E-state index contributed by atoms with van der Waals surface area (Å²) in [5, 5.41) is 7.77. The Morgan fingerprint density at radius 1 is 1.26 bits per heavy atom. The minimum atomic E-state index is 0.767. The predicted molar refractivity (Wildman–Crippen MR) is 81.4 cm³/mol. The van der Waals surface area contributed by atoms with Gasteiger partial charge in [-0.2, -0.15) is 5.10 Å². The molecule has 0 bridgehead atoms. The second-order valence-electron chi connectivity index (χ2n) is 4.57. The molecule has 3 rings (SSSR count). The fourth-order valence-electron chi connectivity index (χ4n) is 2.16. The third-order valence-electron chi connectivity index (χ3n) is 3.03. The molecule has 1 N–H and O–H groups in total. The van der Waals surface area contributed by atoms with Gasteiger partial charge in [0.05, 0.1) is 11.7 Å². The van der Waals surface area contributed by atoms with Crippen molar-refractivity contribution in [3.8, 4) is 0 Å². The molecule has 2 aromatic heterocycles. The molecule has 96 valence electrons. The summed E-state index contributed by atoms with van der Waals surface area (Å²) in [6.45, 7) is 2.86. The molecule has 0 aliphatic rings. The van der Waals surface area contributed by atoms with Crippen LogP contribution in [-0.4, -0.2) is 9.61 Å². The molecule has 3 aromatic rings. The lowest BCUT2D eigenvalue weighted by Gasteiger charge is -2.07. The Morgan fingerprint density at radius 2 is 2.16 bits per heavy atom. The first-order chi connectivity index (χ1) is 9.22. The molecular weight excluding hydrogens is 302 g/mol. The van der Waals surface area contributed by atoms with Gasteiger partial charge >= 0.3 is 0 Å². The maximum absolute atomic E-state index is 4.33. The number of hydrogen-bond acceptors (Lipinski definition) is 2. The smallest absolute Gasteiger partial charge is 0.0711 e. The molecule has 0 aliphatic carbocycles. The normalized spacial score (nSPS) is 10.8. The third kappa shape index (κ3) is 2.63. The third-order valence-corrected chi connectivity index (χ3v) is 3.49. The molecule has 0 saturated heterocycles. The zero-order valence-electron chi connectivity index (χ0n) is 10.6. The lowest BCUT2D eigenvalue weighted by Crippen LogP contribution is -1.99. The Hall–Kier alpha value is -1.81. The van der Waals surface area contributed by atoms with Crippen LogP contribution in [0.2, 0.25) is 0 Å². The highest BCUT2D eigenvalue weighted by molar-refractivity contribution is 9.10. The monoisotopic (exact) mass is 315 g/mol. The maximum Gasteiger partial charge on any atom is 0.0711 e. The van der Waals surface area contributed by atoms with E-state index >= 15 is 0 Å². The molecule has 3 nitrogen and oxygen atoms in total. The summed E-state index contributed by atoms with van der Waals surface area (Å²) in [7, 11) is 0. The van der Waals surface area contributed by atoms with Crippen LogP contribution in [0.4, 0.5) is 5.69 Å². The van der Waals surface area contributed by atoms with Crippen LogP contribution < -0.4 is 5.32 Å². The Morgan fingerprint density at radius 3 is 3.00 bits per heavy atom. The minimum absolute atomic E-state index is 0.767. The van der Waals surface area contributed by atoms with E-state index in [1.165, 1.54) is 11.1 Å². The first-order valence-corrected chi connectivity index (χ1v) is 6.94. The molecule has 19 heavy (non-hydrogen) atoms. The highest BCUT2D eigenvalue weighted by Crippen LogP contribution is 2.20. The summed E-state index contributed by atoms with van der Waals surface area (Å²) in [6, 6.07) is 12.4. The van der Waals surface area contributed by atoms with Crippen LogP contribution >= 0.6 is 15.9 Å².